The first-order chi connectivity index (χ1) is 8.42. The van der Waals surface area contributed by atoms with E-state index in [-0.39, 0.29) is 24.0 Å². The molecule has 0 aromatic heterocycles. The molecule has 1 aliphatic carbocycles. The molecule has 0 saturated heterocycles. The van der Waals surface area contributed by atoms with E-state index in [1.165, 1.54) is 0 Å². The summed E-state index contributed by atoms with van der Waals surface area (Å²) < 4.78 is 35.9. The Morgan fingerprint density at radius 1 is 1.28 bits per heavy atom. The summed E-state index contributed by atoms with van der Waals surface area (Å²) in [7, 11) is 0. The van der Waals surface area contributed by atoms with E-state index in [1.807, 2.05) is 0 Å². The predicted octanol–water partition coefficient (Wildman–Crippen LogP) is 4.01. The summed E-state index contributed by atoms with van der Waals surface area (Å²) in [5.74, 6) is 0.241. The van der Waals surface area contributed by atoms with Gasteiger partial charge < -0.3 is 0 Å². The van der Waals surface area contributed by atoms with Gasteiger partial charge in [0.05, 0.1) is 6.07 Å². The number of ketones is 1. The van der Waals surface area contributed by atoms with Crippen LogP contribution < -0.4 is 0 Å². The summed E-state index contributed by atoms with van der Waals surface area (Å²) in [6.07, 6.45) is -1.35. The number of hydrogen-bond donors (Lipinski definition) is 0. The second-order valence-corrected chi connectivity index (χ2v) is 4.97. The van der Waals surface area contributed by atoms with Crippen LogP contribution in [-0.4, -0.2) is 12.0 Å². The Balaban J connectivity index is 2.26. The second-order valence-electron chi connectivity index (χ2n) is 4.97. The maximum atomic E-state index is 12.0. The molecule has 0 radical (unpaired) electrons. The van der Waals surface area contributed by atoms with E-state index in [1.54, 1.807) is 0 Å². The van der Waals surface area contributed by atoms with Gasteiger partial charge in [-0.25, -0.2) is 0 Å². The van der Waals surface area contributed by atoms with Crippen molar-refractivity contribution in [3.05, 3.63) is 0 Å². The number of rotatable bonds is 5. The average Bonchev–Trinajstić information content (AvgIpc) is 2.29. The van der Waals surface area contributed by atoms with Crippen LogP contribution in [0, 0.1) is 23.2 Å². The minimum absolute atomic E-state index is 0.0906. The SMILES string of the molecule is N#CC(CCCCC(F)(F)F)C1CCC(=O)CC1. The van der Waals surface area contributed by atoms with Gasteiger partial charge in [0.15, 0.2) is 0 Å². The van der Waals surface area contributed by atoms with Crippen LogP contribution in [0.4, 0.5) is 13.2 Å². The lowest BCUT2D eigenvalue weighted by atomic mass is 9.78. The molecule has 0 bridgehead atoms. The van der Waals surface area contributed by atoms with Crippen molar-refractivity contribution >= 4 is 5.78 Å². The maximum Gasteiger partial charge on any atom is 0.389 e. The minimum Gasteiger partial charge on any atom is -0.300 e. The van der Waals surface area contributed by atoms with Crippen LogP contribution in [0.1, 0.15) is 51.4 Å². The van der Waals surface area contributed by atoms with Gasteiger partial charge in [-0.3, -0.25) is 4.79 Å². The molecule has 102 valence electrons. The normalized spacial score (nSPS) is 19.6. The van der Waals surface area contributed by atoms with Crippen molar-refractivity contribution in [3.63, 3.8) is 0 Å². The number of hydrogen-bond acceptors (Lipinski definition) is 2. The van der Waals surface area contributed by atoms with Gasteiger partial charge in [-0.2, -0.15) is 18.4 Å². The second kappa shape index (κ2) is 6.77. The largest absolute Gasteiger partial charge is 0.389 e. The van der Waals surface area contributed by atoms with E-state index in [9.17, 15) is 18.0 Å². The molecule has 5 heteroatoms. The van der Waals surface area contributed by atoms with Gasteiger partial charge in [0.1, 0.15) is 5.78 Å². The average molecular weight is 261 g/mol. The highest BCUT2D eigenvalue weighted by Crippen LogP contribution is 2.32. The number of unbranched alkanes of at least 4 members (excludes halogenated alkanes) is 1. The number of carbonyl (C=O) groups is 1. The van der Waals surface area contributed by atoms with Gasteiger partial charge in [0.2, 0.25) is 0 Å². The lowest BCUT2D eigenvalue weighted by Crippen LogP contribution is -2.21. The molecule has 2 nitrogen and oxygen atoms in total. The maximum absolute atomic E-state index is 12.0. The monoisotopic (exact) mass is 261 g/mol. The zero-order chi connectivity index (χ0) is 13.6. The summed E-state index contributed by atoms with van der Waals surface area (Å²) in [4.78, 5) is 11.1. The first-order valence-corrected chi connectivity index (χ1v) is 6.40. The lowest BCUT2D eigenvalue weighted by molar-refractivity contribution is -0.135. The quantitative estimate of drug-likeness (QED) is 0.701. The van der Waals surface area contributed by atoms with Gasteiger partial charge in [0, 0.05) is 25.2 Å². The molecule has 0 aromatic rings. The summed E-state index contributed by atoms with van der Waals surface area (Å²) in [6, 6.07) is 2.19. The number of Topliss-reactive ketones (excluding diaryl/α,β-unsaturated/α-hetero) is 1. The molecule has 1 fully saturated rings. The van der Waals surface area contributed by atoms with Crippen molar-refractivity contribution in [3.8, 4) is 6.07 Å². The molecular formula is C13H18F3NO. The predicted molar refractivity (Wildman–Crippen MR) is 60.6 cm³/mol. The molecule has 0 heterocycles. The van der Waals surface area contributed by atoms with Crippen molar-refractivity contribution in [2.24, 2.45) is 11.8 Å². The topological polar surface area (TPSA) is 40.9 Å². The lowest BCUT2D eigenvalue weighted by Gasteiger charge is -2.25. The molecule has 0 aliphatic heterocycles. The van der Waals surface area contributed by atoms with Crippen LogP contribution in [-0.2, 0) is 4.79 Å². The molecule has 1 aliphatic rings. The summed E-state index contributed by atoms with van der Waals surface area (Å²) in [6.45, 7) is 0. The number of carbonyl (C=O) groups excluding carboxylic acids is 1. The Kier molecular flexibility index (Phi) is 5.64. The molecule has 1 unspecified atom stereocenters. The van der Waals surface area contributed by atoms with Crippen LogP contribution in [0.3, 0.4) is 0 Å². The molecule has 1 rings (SSSR count). The van der Waals surface area contributed by atoms with Crippen LogP contribution in [0.2, 0.25) is 0 Å². The number of halogens is 3. The molecule has 0 amide bonds. The third-order valence-electron chi connectivity index (χ3n) is 3.55. The zero-order valence-electron chi connectivity index (χ0n) is 10.3. The summed E-state index contributed by atoms with van der Waals surface area (Å²) in [5, 5.41) is 9.05. The molecule has 0 N–H and O–H groups in total. The zero-order valence-corrected chi connectivity index (χ0v) is 10.3. The van der Waals surface area contributed by atoms with Gasteiger partial charge in [-0.1, -0.05) is 6.42 Å². The minimum atomic E-state index is -4.10. The number of nitrogens with zero attached hydrogens (tertiary/aromatic N) is 1. The van der Waals surface area contributed by atoms with Crippen LogP contribution in [0.15, 0.2) is 0 Å². The van der Waals surface area contributed by atoms with E-state index in [0.29, 0.717) is 25.7 Å². The first-order valence-electron chi connectivity index (χ1n) is 6.40. The Bertz CT molecular complexity index is 309. The smallest absolute Gasteiger partial charge is 0.300 e. The van der Waals surface area contributed by atoms with Gasteiger partial charge in [-0.15, -0.1) is 0 Å². The van der Waals surface area contributed by atoms with E-state index >= 15 is 0 Å². The van der Waals surface area contributed by atoms with Gasteiger partial charge in [0.25, 0.3) is 0 Å². The fourth-order valence-electron chi connectivity index (χ4n) is 2.46. The Morgan fingerprint density at radius 3 is 2.39 bits per heavy atom. The van der Waals surface area contributed by atoms with E-state index in [2.05, 4.69) is 6.07 Å². The van der Waals surface area contributed by atoms with Crippen molar-refractivity contribution in [2.45, 2.75) is 57.5 Å². The van der Waals surface area contributed by atoms with E-state index < -0.39 is 12.6 Å². The van der Waals surface area contributed by atoms with Crippen LogP contribution >= 0.6 is 0 Å². The Labute approximate surface area is 105 Å². The van der Waals surface area contributed by atoms with Crippen LogP contribution in [0.5, 0.6) is 0 Å². The highest BCUT2D eigenvalue weighted by atomic mass is 19.4. The molecule has 0 spiro atoms. The molecule has 18 heavy (non-hydrogen) atoms. The fraction of sp³-hybridized carbons (Fsp3) is 0.846. The fourth-order valence-corrected chi connectivity index (χ4v) is 2.46. The van der Waals surface area contributed by atoms with E-state index in [4.69, 9.17) is 5.26 Å². The van der Waals surface area contributed by atoms with Crippen molar-refractivity contribution in [2.75, 3.05) is 0 Å². The summed E-state index contributed by atoms with van der Waals surface area (Å²) in [5.41, 5.74) is 0. The first kappa shape index (κ1) is 15.0. The number of nitriles is 1. The Hall–Kier alpha value is -1.05. The van der Waals surface area contributed by atoms with Crippen LogP contribution in [0.25, 0.3) is 0 Å². The summed E-state index contributed by atoms with van der Waals surface area (Å²) >= 11 is 0. The Morgan fingerprint density at radius 2 is 1.89 bits per heavy atom. The third-order valence-corrected chi connectivity index (χ3v) is 3.55. The van der Waals surface area contributed by atoms with Crippen molar-refractivity contribution in [1.82, 2.24) is 0 Å². The third kappa shape index (κ3) is 5.52. The molecule has 1 atom stereocenters. The number of alkyl halides is 3. The highest BCUT2D eigenvalue weighted by molar-refractivity contribution is 5.79. The van der Waals surface area contributed by atoms with Crippen molar-refractivity contribution in [1.29, 1.82) is 5.26 Å². The van der Waals surface area contributed by atoms with E-state index in [0.717, 1.165) is 12.8 Å². The molecule has 0 aromatic carbocycles. The van der Waals surface area contributed by atoms with Crippen molar-refractivity contribution < 1.29 is 18.0 Å². The highest BCUT2D eigenvalue weighted by Gasteiger charge is 2.28. The molecular weight excluding hydrogens is 243 g/mol. The standard InChI is InChI=1S/C13H18F3NO/c14-13(15,16)8-2-1-3-11(9-17)10-4-6-12(18)7-5-10/h10-11H,1-8H2. The van der Waals surface area contributed by atoms with Gasteiger partial charge in [-0.05, 0) is 31.6 Å². The van der Waals surface area contributed by atoms with Gasteiger partial charge >= 0.3 is 6.18 Å². The molecule has 1 saturated carbocycles.